The highest BCUT2D eigenvalue weighted by Gasteiger charge is 2.48. The number of nitrogens with zero attached hydrogens (tertiary/aromatic N) is 1. The monoisotopic (exact) mass is 377 g/mol. The molecule has 1 saturated heterocycles. The van der Waals surface area contributed by atoms with Gasteiger partial charge in [0.1, 0.15) is 5.82 Å². The molecule has 1 aliphatic carbocycles. The molecule has 0 unspecified atom stereocenters. The molecule has 1 amide bonds. The molecule has 1 heterocycles. The minimum Gasteiger partial charge on any atom is -0.341 e. The van der Waals surface area contributed by atoms with E-state index in [1.165, 1.54) is 12.1 Å². The van der Waals surface area contributed by atoms with Gasteiger partial charge in [0.05, 0.1) is 10.4 Å². The predicted octanol–water partition coefficient (Wildman–Crippen LogP) is 1.01. The van der Waals surface area contributed by atoms with E-state index in [0.717, 1.165) is 25.0 Å². The zero-order valence-corrected chi connectivity index (χ0v) is 14.7. The van der Waals surface area contributed by atoms with E-state index in [2.05, 4.69) is 4.72 Å². The number of benzene rings is 1. The van der Waals surface area contributed by atoms with Crippen LogP contribution in [-0.4, -0.2) is 43.9 Å². The number of rotatable bonds is 4. The van der Waals surface area contributed by atoms with Crippen LogP contribution in [0, 0.1) is 5.82 Å². The molecule has 134 valence electrons. The fourth-order valence-electron chi connectivity index (χ4n) is 2.77. The average molecular weight is 378 g/mol. The molecule has 0 spiro atoms. The van der Waals surface area contributed by atoms with Crippen LogP contribution < -0.4 is 10.5 Å². The van der Waals surface area contributed by atoms with Crippen LogP contribution in [0.15, 0.2) is 29.2 Å². The molecular formula is C15H21ClFN3O3S. The molecular weight excluding hydrogens is 357 g/mol. The molecule has 0 bridgehead atoms. The van der Waals surface area contributed by atoms with Crippen molar-refractivity contribution in [3.8, 4) is 0 Å². The summed E-state index contributed by atoms with van der Waals surface area (Å²) in [6.07, 6.45) is 2.54. The van der Waals surface area contributed by atoms with Crippen molar-refractivity contribution in [3.63, 3.8) is 0 Å². The molecule has 2 aliphatic rings. The van der Waals surface area contributed by atoms with E-state index in [1.54, 1.807) is 4.90 Å². The van der Waals surface area contributed by atoms with Crippen LogP contribution in [0.1, 0.15) is 25.7 Å². The minimum absolute atomic E-state index is 0. The third-order valence-corrected chi connectivity index (χ3v) is 5.98. The summed E-state index contributed by atoms with van der Waals surface area (Å²) < 4.78 is 40.0. The smallest absolute Gasteiger partial charge is 0.242 e. The van der Waals surface area contributed by atoms with Crippen molar-refractivity contribution in [2.24, 2.45) is 5.73 Å². The Morgan fingerprint density at radius 1 is 1.21 bits per heavy atom. The highest BCUT2D eigenvalue weighted by Crippen LogP contribution is 2.34. The van der Waals surface area contributed by atoms with Crippen LogP contribution in [-0.2, 0) is 14.8 Å². The second-order valence-corrected chi connectivity index (χ2v) is 8.01. The Kier molecular flexibility index (Phi) is 5.54. The van der Waals surface area contributed by atoms with Crippen molar-refractivity contribution in [1.29, 1.82) is 0 Å². The van der Waals surface area contributed by atoms with Gasteiger partial charge in [-0.2, -0.15) is 0 Å². The molecule has 0 aromatic heterocycles. The Bertz CT molecular complexity index is 699. The molecule has 0 atom stereocenters. The van der Waals surface area contributed by atoms with Gasteiger partial charge in [-0.1, -0.05) is 0 Å². The quantitative estimate of drug-likeness (QED) is 0.819. The number of likely N-dealkylation sites (tertiary alicyclic amines) is 1. The van der Waals surface area contributed by atoms with Gasteiger partial charge in [0.2, 0.25) is 15.9 Å². The van der Waals surface area contributed by atoms with Crippen molar-refractivity contribution >= 4 is 28.3 Å². The third-order valence-electron chi connectivity index (χ3n) is 4.44. The standard InChI is InChI=1S/C15H20FN3O3S.ClH/c16-11-1-3-13(4-2-11)23(21,22)18-12-5-9-19(10-6-12)14(20)15(17)7-8-15;/h1-4,12,18H,5-10,17H2;1H. The van der Waals surface area contributed by atoms with Crippen LogP contribution in [0.5, 0.6) is 0 Å². The van der Waals surface area contributed by atoms with Gasteiger partial charge in [-0.15, -0.1) is 12.4 Å². The van der Waals surface area contributed by atoms with Crippen LogP contribution >= 0.6 is 12.4 Å². The van der Waals surface area contributed by atoms with Gasteiger partial charge in [-0.3, -0.25) is 4.79 Å². The van der Waals surface area contributed by atoms with Gasteiger partial charge in [0.15, 0.2) is 0 Å². The number of carbonyl (C=O) groups excluding carboxylic acids is 1. The van der Waals surface area contributed by atoms with Crippen LogP contribution in [0.3, 0.4) is 0 Å². The molecule has 3 N–H and O–H groups in total. The topological polar surface area (TPSA) is 92.5 Å². The van der Waals surface area contributed by atoms with Crippen molar-refractivity contribution < 1.29 is 17.6 Å². The van der Waals surface area contributed by atoms with E-state index in [-0.39, 0.29) is 29.3 Å². The van der Waals surface area contributed by atoms with Gasteiger partial charge in [0, 0.05) is 19.1 Å². The molecule has 2 fully saturated rings. The Morgan fingerprint density at radius 2 is 1.75 bits per heavy atom. The Morgan fingerprint density at radius 3 is 2.25 bits per heavy atom. The number of amides is 1. The van der Waals surface area contributed by atoms with Gasteiger partial charge in [-0.25, -0.2) is 17.5 Å². The maximum atomic E-state index is 12.9. The Labute approximate surface area is 147 Å². The van der Waals surface area contributed by atoms with Crippen molar-refractivity contribution in [2.45, 2.75) is 42.2 Å². The lowest BCUT2D eigenvalue weighted by atomic mass is 10.0. The SMILES string of the molecule is Cl.NC1(C(=O)N2CCC(NS(=O)(=O)c3ccc(F)cc3)CC2)CC1. The lowest BCUT2D eigenvalue weighted by Gasteiger charge is -2.33. The summed E-state index contributed by atoms with van der Waals surface area (Å²) in [5, 5.41) is 0. The highest BCUT2D eigenvalue weighted by atomic mass is 35.5. The Hall–Kier alpha value is -1.22. The molecule has 1 aromatic rings. The first-order chi connectivity index (χ1) is 10.8. The van der Waals surface area contributed by atoms with Gasteiger partial charge < -0.3 is 10.6 Å². The number of piperidine rings is 1. The van der Waals surface area contributed by atoms with Crippen LogP contribution in [0.25, 0.3) is 0 Å². The third kappa shape index (κ3) is 4.05. The molecule has 9 heteroatoms. The molecule has 1 saturated carbocycles. The first-order valence-electron chi connectivity index (χ1n) is 7.66. The number of halogens is 2. The molecule has 0 radical (unpaired) electrons. The van der Waals surface area contributed by atoms with Gasteiger partial charge >= 0.3 is 0 Å². The van der Waals surface area contributed by atoms with Crippen molar-refractivity contribution in [1.82, 2.24) is 9.62 Å². The summed E-state index contributed by atoms with van der Waals surface area (Å²) in [6.45, 7) is 0.989. The number of nitrogens with one attached hydrogen (secondary N) is 1. The zero-order chi connectivity index (χ0) is 16.7. The van der Waals surface area contributed by atoms with Gasteiger partial charge in [0.25, 0.3) is 0 Å². The van der Waals surface area contributed by atoms with Gasteiger partial charge in [-0.05, 0) is 49.9 Å². The maximum Gasteiger partial charge on any atom is 0.242 e. The van der Waals surface area contributed by atoms with Crippen molar-refractivity contribution in [2.75, 3.05) is 13.1 Å². The van der Waals surface area contributed by atoms with E-state index in [0.29, 0.717) is 25.9 Å². The first-order valence-corrected chi connectivity index (χ1v) is 9.15. The summed E-state index contributed by atoms with van der Waals surface area (Å²) in [7, 11) is -3.68. The zero-order valence-electron chi connectivity index (χ0n) is 13.1. The summed E-state index contributed by atoms with van der Waals surface area (Å²) in [5.74, 6) is -0.510. The molecule has 1 aliphatic heterocycles. The fourth-order valence-corrected chi connectivity index (χ4v) is 4.07. The largest absolute Gasteiger partial charge is 0.341 e. The molecule has 3 rings (SSSR count). The molecule has 1 aromatic carbocycles. The highest BCUT2D eigenvalue weighted by molar-refractivity contribution is 7.89. The minimum atomic E-state index is -3.68. The van der Waals surface area contributed by atoms with E-state index in [9.17, 15) is 17.6 Å². The average Bonchev–Trinajstić information content (AvgIpc) is 3.26. The summed E-state index contributed by atoms with van der Waals surface area (Å²) in [6, 6.07) is 4.48. The van der Waals surface area contributed by atoms with E-state index in [1.807, 2.05) is 0 Å². The Balaban J connectivity index is 0.00000208. The lowest BCUT2D eigenvalue weighted by Crippen LogP contribution is -2.51. The first kappa shape index (κ1) is 19.1. The number of nitrogens with two attached hydrogens (primary N) is 1. The summed E-state index contributed by atoms with van der Waals surface area (Å²) in [4.78, 5) is 13.9. The van der Waals surface area contributed by atoms with Crippen LogP contribution in [0.2, 0.25) is 0 Å². The second kappa shape index (κ2) is 6.95. The lowest BCUT2D eigenvalue weighted by molar-refractivity contribution is -0.134. The van der Waals surface area contributed by atoms with Crippen molar-refractivity contribution in [3.05, 3.63) is 30.1 Å². The molecule has 6 nitrogen and oxygen atoms in total. The number of hydrogen-bond donors (Lipinski definition) is 2. The number of sulfonamides is 1. The van der Waals surface area contributed by atoms with E-state index in [4.69, 9.17) is 5.73 Å². The predicted molar refractivity (Wildman–Crippen MR) is 89.7 cm³/mol. The number of hydrogen-bond acceptors (Lipinski definition) is 4. The maximum absolute atomic E-state index is 12.9. The number of carbonyl (C=O) groups is 1. The fraction of sp³-hybridized carbons (Fsp3) is 0.533. The van der Waals surface area contributed by atoms with E-state index >= 15 is 0 Å². The van der Waals surface area contributed by atoms with E-state index < -0.39 is 21.4 Å². The summed E-state index contributed by atoms with van der Waals surface area (Å²) >= 11 is 0. The summed E-state index contributed by atoms with van der Waals surface area (Å²) in [5.41, 5.74) is 5.23. The second-order valence-electron chi connectivity index (χ2n) is 6.30. The van der Waals surface area contributed by atoms with Crippen LogP contribution in [0.4, 0.5) is 4.39 Å². The molecule has 24 heavy (non-hydrogen) atoms. The normalized spacial score (nSPS) is 20.3.